The lowest BCUT2D eigenvalue weighted by Crippen LogP contribution is -1.94. The van der Waals surface area contributed by atoms with E-state index >= 15 is 0 Å². The topological polar surface area (TPSA) is 54.5 Å². The van der Waals surface area contributed by atoms with Crippen molar-refractivity contribution in [3.63, 3.8) is 0 Å². The normalized spacial score (nSPS) is 11.2. The van der Waals surface area contributed by atoms with Crippen LogP contribution in [0.15, 0.2) is 35.2 Å². The summed E-state index contributed by atoms with van der Waals surface area (Å²) in [6.45, 7) is 0. The molecule has 0 amide bonds. The third kappa shape index (κ3) is 2.43. The molecule has 0 radical (unpaired) electrons. The number of hydrogen-bond donors (Lipinski definition) is 0. The average molecular weight is 289 g/mol. The van der Waals surface area contributed by atoms with Crippen molar-refractivity contribution < 1.29 is 0 Å². The maximum absolute atomic E-state index is 9.17. The number of rotatable bonds is 2. The summed E-state index contributed by atoms with van der Waals surface area (Å²) >= 11 is 3.39. The van der Waals surface area contributed by atoms with Crippen molar-refractivity contribution in [3.05, 3.63) is 46.5 Å². The zero-order valence-electron chi connectivity index (χ0n) is 9.13. The van der Waals surface area contributed by atoms with Crippen LogP contribution in [0.5, 0.6) is 0 Å². The fourth-order valence-corrected chi connectivity index (χ4v) is 1.88. The molecule has 2 aromatic heterocycles. The number of halogens is 1. The van der Waals surface area contributed by atoms with Crippen LogP contribution in [-0.2, 0) is 7.05 Å². The summed E-state index contributed by atoms with van der Waals surface area (Å²) in [7, 11) is 1.83. The lowest BCUT2D eigenvalue weighted by molar-refractivity contribution is 0.759. The number of nitriles is 1. The van der Waals surface area contributed by atoms with Gasteiger partial charge in [-0.2, -0.15) is 10.4 Å². The Balaban J connectivity index is 2.48. The molecule has 0 bridgehead atoms. The number of nitrogens with zero attached hydrogens (tertiary/aromatic N) is 4. The fourth-order valence-electron chi connectivity index (χ4n) is 1.42. The van der Waals surface area contributed by atoms with E-state index in [4.69, 9.17) is 5.26 Å². The van der Waals surface area contributed by atoms with E-state index in [-0.39, 0.29) is 0 Å². The minimum absolute atomic E-state index is 0.558. The van der Waals surface area contributed by atoms with Crippen LogP contribution in [-0.4, -0.2) is 14.8 Å². The van der Waals surface area contributed by atoms with Gasteiger partial charge in [-0.3, -0.25) is 9.67 Å². The van der Waals surface area contributed by atoms with Crippen LogP contribution >= 0.6 is 15.9 Å². The summed E-state index contributed by atoms with van der Waals surface area (Å²) in [6, 6.07) is 5.83. The Hall–Kier alpha value is -1.93. The van der Waals surface area contributed by atoms with Gasteiger partial charge >= 0.3 is 0 Å². The van der Waals surface area contributed by atoms with Crippen molar-refractivity contribution >= 4 is 27.6 Å². The minimum Gasteiger partial charge on any atom is -0.267 e. The van der Waals surface area contributed by atoms with Gasteiger partial charge < -0.3 is 0 Å². The first-order valence-electron chi connectivity index (χ1n) is 4.92. The zero-order valence-corrected chi connectivity index (χ0v) is 10.7. The van der Waals surface area contributed by atoms with Gasteiger partial charge in [0.15, 0.2) is 0 Å². The number of aryl methyl sites for hydroxylation is 1. The van der Waals surface area contributed by atoms with E-state index in [1.807, 2.05) is 13.1 Å². The molecule has 2 aromatic rings. The van der Waals surface area contributed by atoms with Crippen LogP contribution in [0, 0.1) is 11.3 Å². The van der Waals surface area contributed by atoms with Crippen molar-refractivity contribution in [2.24, 2.45) is 7.05 Å². The van der Waals surface area contributed by atoms with Gasteiger partial charge in [-0.05, 0) is 28.1 Å². The van der Waals surface area contributed by atoms with Crippen LogP contribution in [0.2, 0.25) is 0 Å². The van der Waals surface area contributed by atoms with Crippen LogP contribution in [0.4, 0.5) is 0 Å². The molecule has 0 fully saturated rings. The molecule has 0 atom stereocenters. The van der Waals surface area contributed by atoms with E-state index in [2.05, 4.69) is 32.1 Å². The fraction of sp³-hybridized carbons (Fsp3) is 0.0833. The summed E-state index contributed by atoms with van der Waals surface area (Å²) in [5.74, 6) is 0. The molecule has 0 unspecified atom stereocenters. The van der Waals surface area contributed by atoms with Gasteiger partial charge in [0, 0.05) is 25.0 Å². The molecule has 0 aromatic carbocycles. The molecule has 2 heterocycles. The molecule has 0 saturated heterocycles. The third-order valence-corrected chi connectivity index (χ3v) is 2.92. The Morgan fingerprint density at radius 2 is 2.35 bits per heavy atom. The van der Waals surface area contributed by atoms with Crippen LogP contribution in [0.1, 0.15) is 11.3 Å². The highest BCUT2D eigenvalue weighted by atomic mass is 79.9. The molecule has 5 heteroatoms. The molecule has 84 valence electrons. The van der Waals surface area contributed by atoms with E-state index in [1.165, 1.54) is 0 Å². The Labute approximate surface area is 107 Å². The van der Waals surface area contributed by atoms with Crippen molar-refractivity contribution in [3.8, 4) is 6.07 Å². The molecule has 17 heavy (non-hydrogen) atoms. The minimum atomic E-state index is 0.558. The highest BCUT2D eigenvalue weighted by molar-refractivity contribution is 9.10. The first-order valence-corrected chi connectivity index (χ1v) is 5.71. The summed E-state index contributed by atoms with van der Waals surface area (Å²) in [5, 5.41) is 13.3. The Kier molecular flexibility index (Phi) is 3.35. The monoisotopic (exact) mass is 288 g/mol. The molecular formula is C12H9BrN4. The highest BCUT2D eigenvalue weighted by Gasteiger charge is 2.06. The van der Waals surface area contributed by atoms with Gasteiger partial charge in [0.2, 0.25) is 0 Å². The van der Waals surface area contributed by atoms with Gasteiger partial charge in [0.25, 0.3) is 0 Å². The SMILES string of the molecule is Cn1ncc(Br)c1/C=C(\C#N)c1cccnc1. The quantitative estimate of drug-likeness (QED) is 0.799. The highest BCUT2D eigenvalue weighted by Crippen LogP contribution is 2.22. The van der Waals surface area contributed by atoms with Crippen molar-refractivity contribution in [2.75, 3.05) is 0 Å². The molecule has 0 aliphatic heterocycles. The Morgan fingerprint density at radius 3 is 2.88 bits per heavy atom. The number of pyridine rings is 1. The predicted molar refractivity (Wildman–Crippen MR) is 68.6 cm³/mol. The van der Waals surface area contributed by atoms with E-state index in [0.717, 1.165) is 15.7 Å². The lowest BCUT2D eigenvalue weighted by atomic mass is 10.1. The molecule has 0 spiro atoms. The second-order valence-electron chi connectivity index (χ2n) is 3.41. The van der Waals surface area contributed by atoms with Gasteiger partial charge in [0.05, 0.1) is 28.0 Å². The van der Waals surface area contributed by atoms with Crippen molar-refractivity contribution in [1.82, 2.24) is 14.8 Å². The summed E-state index contributed by atoms with van der Waals surface area (Å²) in [4.78, 5) is 4.00. The summed E-state index contributed by atoms with van der Waals surface area (Å²) < 4.78 is 2.56. The van der Waals surface area contributed by atoms with E-state index in [0.29, 0.717) is 5.57 Å². The number of aromatic nitrogens is 3. The molecule has 0 aliphatic rings. The van der Waals surface area contributed by atoms with Crippen LogP contribution < -0.4 is 0 Å². The van der Waals surface area contributed by atoms with Crippen LogP contribution in [0.3, 0.4) is 0 Å². The van der Waals surface area contributed by atoms with Crippen LogP contribution in [0.25, 0.3) is 11.6 Å². The van der Waals surface area contributed by atoms with E-state index < -0.39 is 0 Å². The maximum atomic E-state index is 9.17. The van der Waals surface area contributed by atoms with E-state index in [9.17, 15) is 0 Å². The smallest absolute Gasteiger partial charge is 0.0999 e. The average Bonchev–Trinajstić information content (AvgIpc) is 2.68. The van der Waals surface area contributed by atoms with Gasteiger partial charge in [-0.1, -0.05) is 6.07 Å². The molecular weight excluding hydrogens is 280 g/mol. The molecule has 2 rings (SSSR count). The Bertz CT molecular complexity index is 573. The third-order valence-electron chi connectivity index (χ3n) is 2.31. The summed E-state index contributed by atoms with van der Waals surface area (Å²) in [5.41, 5.74) is 2.20. The van der Waals surface area contributed by atoms with Crippen molar-refractivity contribution in [2.45, 2.75) is 0 Å². The van der Waals surface area contributed by atoms with Gasteiger partial charge in [-0.25, -0.2) is 0 Å². The maximum Gasteiger partial charge on any atom is 0.0999 e. The second-order valence-corrected chi connectivity index (χ2v) is 4.27. The molecule has 0 N–H and O–H groups in total. The number of allylic oxidation sites excluding steroid dienone is 1. The first-order chi connectivity index (χ1) is 8.22. The van der Waals surface area contributed by atoms with Gasteiger partial charge in [0.1, 0.15) is 0 Å². The van der Waals surface area contributed by atoms with Gasteiger partial charge in [-0.15, -0.1) is 0 Å². The van der Waals surface area contributed by atoms with Crippen molar-refractivity contribution in [1.29, 1.82) is 5.26 Å². The lowest BCUT2D eigenvalue weighted by Gasteiger charge is -2.00. The van der Waals surface area contributed by atoms with E-state index in [1.54, 1.807) is 35.4 Å². The largest absolute Gasteiger partial charge is 0.267 e. The first kappa shape index (κ1) is 11.6. The Morgan fingerprint density at radius 1 is 1.53 bits per heavy atom. The molecule has 0 saturated carbocycles. The second kappa shape index (κ2) is 4.93. The predicted octanol–water partition coefficient (Wildman–Crippen LogP) is 2.64. The number of hydrogen-bond acceptors (Lipinski definition) is 3. The molecule has 4 nitrogen and oxygen atoms in total. The standard InChI is InChI=1S/C12H9BrN4/c1-17-12(11(13)8-16-17)5-10(6-14)9-3-2-4-15-7-9/h2-5,7-8H,1H3/b10-5+. The molecule has 0 aliphatic carbocycles. The summed E-state index contributed by atoms with van der Waals surface area (Å²) in [6.07, 6.45) is 6.83. The zero-order chi connectivity index (χ0) is 12.3.